The molecule has 2 aromatic carbocycles. The van der Waals surface area contributed by atoms with Crippen LogP contribution in [0.25, 0.3) is 11.3 Å². The average molecular weight is 403 g/mol. The number of nitrogens with zero attached hydrogens (tertiary/aromatic N) is 1. The van der Waals surface area contributed by atoms with Crippen molar-refractivity contribution in [1.29, 1.82) is 0 Å². The summed E-state index contributed by atoms with van der Waals surface area (Å²) in [5.41, 5.74) is 3.90. The Bertz CT molecular complexity index is 972. The normalized spacial score (nSPS) is 10.7. The molecule has 0 bridgehead atoms. The SMILES string of the molecule is COc1ccc(Cl)cc1NC(=O)CSc1ncc(-c2ccc(C)c(C)c2)o1. The number of thioether (sulfide) groups is 1. The van der Waals surface area contributed by atoms with Crippen molar-refractivity contribution >= 4 is 35.0 Å². The van der Waals surface area contributed by atoms with Gasteiger partial charge in [0.15, 0.2) is 5.76 Å². The number of aryl methyl sites for hydroxylation is 2. The van der Waals surface area contributed by atoms with Gasteiger partial charge >= 0.3 is 0 Å². The van der Waals surface area contributed by atoms with Crippen LogP contribution in [0.1, 0.15) is 11.1 Å². The molecule has 1 aromatic heterocycles. The minimum Gasteiger partial charge on any atom is -0.495 e. The van der Waals surface area contributed by atoms with Crippen LogP contribution in [0.15, 0.2) is 52.2 Å². The van der Waals surface area contributed by atoms with E-state index in [1.165, 1.54) is 30.0 Å². The lowest BCUT2D eigenvalue weighted by Crippen LogP contribution is -2.14. The van der Waals surface area contributed by atoms with Gasteiger partial charge in [0.1, 0.15) is 5.75 Å². The zero-order chi connectivity index (χ0) is 19.4. The van der Waals surface area contributed by atoms with Crippen molar-refractivity contribution < 1.29 is 13.9 Å². The first-order valence-corrected chi connectivity index (χ1v) is 9.62. The van der Waals surface area contributed by atoms with E-state index in [0.29, 0.717) is 27.4 Å². The molecule has 5 nitrogen and oxygen atoms in total. The maximum absolute atomic E-state index is 12.2. The molecule has 27 heavy (non-hydrogen) atoms. The molecule has 0 aliphatic carbocycles. The van der Waals surface area contributed by atoms with E-state index in [1.807, 2.05) is 12.1 Å². The molecule has 0 aliphatic rings. The van der Waals surface area contributed by atoms with Gasteiger partial charge in [-0.25, -0.2) is 4.98 Å². The van der Waals surface area contributed by atoms with Crippen LogP contribution in [0, 0.1) is 13.8 Å². The van der Waals surface area contributed by atoms with E-state index in [1.54, 1.807) is 24.4 Å². The van der Waals surface area contributed by atoms with Crippen molar-refractivity contribution in [3.05, 3.63) is 58.7 Å². The van der Waals surface area contributed by atoms with E-state index in [2.05, 4.69) is 30.2 Å². The smallest absolute Gasteiger partial charge is 0.256 e. The predicted octanol–water partition coefficient (Wildman–Crippen LogP) is 5.35. The van der Waals surface area contributed by atoms with Gasteiger partial charge in [-0.2, -0.15) is 0 Å². The number of oxazole rings is 1. The number of hydrogen-bond donors (Lipinski definition) is 1. The minimum absolute atomic E-state index is 0.155. The molecule has 0 saturated carbocycles. The van der Waals surface area contributed by atoms with Crippen molar-refractivity contribution in [2.45, 2.75) is 19.1 Å². The zero-order valence-corrected chi connectivity index (χ0v) is 16.8. The van der Waals surface area contributed by atoms with Crippen LogP contribution in [0.2, 0.25) is 5.02 Å². The summed E-state index contributed by atoms with van der Waals surface area (Å²) < 4.78 is 11.0. The molecule has 3 rings (SSSR count). The Hall–Kier alpha value is -2.44. The highest BCUT2D eigenvalue weighted by Gasteiger charge is 2.12. The first kappa shape index (κ1) is 19.3. The molecule has 1 amide bonds. The zero-order valence-electron chi connectivity index (χ0n) is 15.2. The monoisotopic (exact) mass is 402 g/mol. The fourth-order valence-corrected chi connectivity index (χ4v) is 3.22. The average Bonchev–Trinajstić information content (AvgIpc) is 3.11. The van der Waals surface area contributed by atoms with Crippen LogP contribution < -0.4 is 10.1 Å². The number of aromatic nitrogens is 1. The Morgan fingerprint density at radius 3 is 2.78 bits per heavy atom. The summed E-state index contributed by atoms with van der Waals surface area (Å²) in [4.78, 5) is 16.5. The Kier molecular flexibility index (Phi) is 6.08. The van der Waals surface area contributed by atoms with Crippen LogP contribution in [-0.4, -0.2) is 23.8 Å². The molecule has 0 saturated heterocycles. The number of carbonyl (C=O) groups is 1. The van der Waals surface area contributed by atoms with E-state index >= 15 is 0 Å². The van der Waals surface area contributed by atoms with Gasteiger partial charge in [0.2, 0.25) is 5.91 Å². The van der Waals surface area contributed by atoms with Crippen LogP contribution in [-0.2, 0) is 4.79 Å². The van der Waals surface area contributed by atoms with Crippen LogP contribution in [0.5, 0.6) is 5.75 Å². The predicted molar refractivity (Wildman–Crippen MR) is 109 cm³/mol. The first-order chi connectivity index (χ1) is 13.0. The third-order valence-corrected chi connectivity index (χ3v) is 5.12. The summed E-state index contributed by atoms with van der Waals surface area (Å²) in [5.74, 6) is 1.18. The van der Waals surface area contributed by atoms with Gasteiger partial charge in [0.25, 0.3) is 5.22 Å². The molecule has 140 valence electrons. The van der Waals surface area contributed by atoms with E-state index < -0.39 is 0 Å². The molecular weight excluding hydrogens is 384 g/mol. The van der Waals surface area contributed by atoms with Gasteiger partial charge in [-0.05, 0) is 49.2 Å². The van der Waals surface area contributed by atoms with Gasteiger partial charge < -0.3 is 14.5 Å². The van der Waals surface area contributed by atoms with Crippen molar-refractivity contribution in [1.82, 2.24) is 4.98 Å². The maximum atomic E-state index is 12.2. The lowest BCUT2D eigenvalue weighted by atomic mass is 10.1. The van der Waals surface area contributed by atoms with Crippen LogP contribution >= 0.6 is 23.4 Å². The van der Waals surface area contributed by atoms with Gasteiger partial charge in [-0.3, -0.25) is 4.79 Å². The number of ether oxygens (including phenoxy) is 1. The van der Waals surface area contributed by atoms with Gasteiger partial charge in [-0.15, -0.1) is 0 Å². The second kappa shape index (κ2) is 8.50. The summed E-state index contributed by atoms with van der Waals surface area (Å²) in [5, 5.41) is 3.75. The summed E-state index contributed by atoms with van der Waals surface area (Å²) in [6, 6.07) is 11.1. The molecule has 0 spiro atoms. The molecule has 0 aliphatic heterocycles. The highest BCUT2D eigenvalue weighted by atomic mass is 35.5. The quantitative estimate of drug-likeness (QED) is 0.563. The highest BCUT2D eigenvalue weighted by molar-refractivity contribution is 7.99. The number of carbonyl (C=O) groups excluding carboxylic acids is 1. The van der Waals surface area contributed by atoms with Gasteiger partial charge in [0.05, 0.1) is 24.7 Å². The Labute approximate surface area is 167 Å². The third kappa shape index (κ3) is 4.84. The Morgan fingerprint density at radius 2 is 2.04 bits per heavy atom. The molecule has 0 fully saturated rings. The number of benzene rings is 2. The molecule has 0 radical (unpaired) electrons. The van der Waals surface area contributed by atoms with E-state index in [-0.39, 0.29) is 11.7 Å². The molecule has 3 aromatic rings. The second-order valence-electron chi connectivity index (χ2n) is 5.97. The van der Waals surface area contributed by atoms with Gasteiger partial charge in [0, 0.05) is 10.6 Å². The summed E-state index contributed by atoms with van der Waals surface area (Å²) >= 11 is 7.20. The summed E-state index contributed by atoms with van der Waals surface area (Å²) in [7, 11) is 1.54. The largest absolute Gasteiger partial charge is 0.495 e. The molecule has 0 atom stereocenters. The highest BCUT2D eigenvalue weighted by Crippen LogP contribution is 2.29. The van der Waals surface area contributed by atoms with Crippen molar-refractivity contribution in [3.8, 4) is 17.1 Å². The topological polar surface area (TPSA) is 64.4 Å². The number of methoxy groups -OCH3 is 1. The van der Waals surface area contributed by atoms with Gasteiger partial charge in [-0.1, -0.05) is 35.5 Å². The Balaban J connectivity index is 1.62. The summed E-state index contributed by atoms with van der Waals surface area (Å²) in [6.45, 7) is 4.12. The third-order valence-electron chi connectivity index (χ3n) is 4.04. The van der Waals surface area contributed by atoms with Crippen molar-refractivity contribution in [2.24, 2.45) is 0 Å². The van der Waals surface area contributed by atoms with Crippen molar-refractivity contribution in [3.63, 3.8) is 0 Å². The number of anilines is 1. The summed E-state index contributed by atoms with van der Waals surface area (Å²) in [6.07, 6.45) is 1.67. The molecule has 1 N–H and O–H groups in total. The number of hydrogen-bond acceptors (Lipinski definition) is 5. The first-order valence-electron chi connectivity index (χ1n) is 8.26. The van der Waals surface area contributed by atoms with E-state index in [4.69, 9.17) is 20.8 Å². The standard InChI is InChI=1S/C20H19ClN2O3S/c1-12-4-5-14(8-13(12)2)18-10-22-20(26-18)27-11-19(24)23-16-9-15(21)6-7-17(16)25-3/h4-10H,11H2,1-3H3,(H,23,24). The number of rotatable bonds is 6. The lowest BCUT2D eigenvalue weighted by molar-refractivity contribution is -0.113. The fourth-order valence-electron chi connectivity index (χ4n) is 2.44. The number of amides is 1. The minimum atomic E-state index is -0.202. The maximum Gasteiger partial charge on any atom is 0.256 e. The van der Waals surface area contributed by atoms with Crippen molar-refractivity contribution in [2.75, 3.05) is 18.2 Å². The number of nitrogens with one attached hydrogen (secondary N) is 1. The van der Waals surface area contributed by atoms with E-state index in [9.17, 15) is 4.79 Å². The number of halogens is 1. The van der Waals surface area contributed by atoms with E-state index in [0.717, 1.165) is 5.56 Å². The lowest BCUT2D eigenvalue weighted by Gasteiger charge is -2.09. The fraction of sp³-hybridized carbons (Fsp3) is 0.200. The molecule has 0 unspecified atom stereocenters. The van der Waals surface area contributed by atoms with Crippen LogP contribution in [0.3, 0.4) is 0 Å². The second-order valence-corrected chi connectivity index (χ2v) is 7.33. The molecule has 7 heteroatoms. The Morgan fingerprint density at radius 1 is 1.22 bits per heavy atom. The molecule has 1 heterocycles. The molecular formula is C20H19ClN2O3S. The van der Waals surface area contributed by atoms with Crippen LogP contribution in [0.4, 0.5) is 5.69 Å².